The first-order chi connectivity index (χ1) is 13.2. The zero-order valence-corrected chi connectivity index (χ0v) is 16.4. The highest BCUT2D eigenvalue weighted by Crippen LogP contribution is 2.27. The zero-order valence-electron chi connectivity index (χ0n) is 16.4. The van der Waals surface area contributed by atoms with Gasteiger partial charge >= 0.3 is 0 Å². The number of pyridine rings is 1. The lowest BCUT2D eigenvalue weighted by Crippen LogP contribution is -2.55. The minimum Gasteiger partial charge on any atom is -0.347 e. The second-order valence-electron chi connectivity index (χ2n) is 7.13. The van der Waals surface area contributed by atoms with Crippen LogP contribution in [0.3, 0.4) is 0 Å². The number of hydrogen-bond donors (Lipinski definition) is 2. The minimum absolute atomic E-state index is 0.237. The number of rotatable bonds is 6. The van der Waals surface area contributed by atoms with Crippen LogP contribution in [0.1, 0.15) is 48.3 Å². The van der Waals surface area contributed by atoms with E-state index in [0.717, 1.165) is 0 Å². The maximum Gasteiger partial charge on any atom is 0.255 e. The fourth-order valence-electron chi connectivity index (χ4n) is 3.33. The number of nitriles is 1. The number of hydrogen-bond acceptors (Lipinski definition) is 5. The van der Waals surface area contributed by atoms with Crippen LogP contribution in [0.15, 0.2) is 24.9 Å². The van der Waals surface area contributed by atoms with Gasteiger partial charge in [-0.3, -0.25) is 19.4 Å². The van der Waals surface area contributed by atoms with Gasteiger partial charge in [-0.1, -0.05) is 6.08 Å². The number of aryl methyl sites for hydroxylation is 1. The molecule has 0 aromatic carbocycles. The molecule has 28 heavy (non-hydrogen) atoms. The first-order valence-corrected chi connectivity index (χ1v) is 9.07. The Kier molecular flexibility index (Phi) is 6.52. The van der Waals surface area contributed by atoms with Gasteiger partial charge in [-0.15, -0.1) is 6.58 Å². The smallest absolute Gasteiger partial charge is 0.255 e. The molecule has 1 aromatic heterocycles. The Hall–Kier alpha value is -3.21. The molecule has 8 nitrogen and oxygen atoms in total. The van der Waals surface area contributed by atoms with Crippen molar-refractivity contribution in [2.24, 2.45) is 0 Å². The second kappa shape index (κ2) is 8.65. The molecule has 1 saturated heterocycles. The Bertz CT molecular complexity index is 845. The highest BCUT2D eigenvalue weighted by atomic mass is 16.2. The topological polar surface area (TPSA) is 115 Å². The summed E-state index contributed by atoms with van der Waals surface area (Å²) in [5.74, 6) is -0.835. The SMILES string of the molecule is C=CCC1(NC(=O)[C@@H](C)NC(C)=O)CCN(C(=O)c2cnc(C)c(C#N)c2)C1. The van der Waals surface area contributed by atoms with Crippen molar-refractivity contribution in [1.82, 2.24) is 20.5 Å². The lowest BCUT2D eigenvalue weighted by molar-refractivity contribution is -0.128. The molecule has 2 heterocycles. The van der Waals surface area contributed by atoms with E-state index >= 15 is 0 Å². The van der Waals surface area contributed by atoms with Crippen LogP contribution in [0.5, 0.6) is 0 Å². The van der Waals surface area contributed by atoms with Crippen molar-refractivity contribution in [2.75, 3.05) is 13.1 Å². The fraction of sp³-hybridized carbons (Fsp3) is 0.450. The van der Waals surface area contributed by atoms with Gasteiger partial charge in [-0.2, -0.15) is 5.26 Å². The molecule has 0 radical (unpaired) electrons. The average molecular weight is 383 g/mol. The normalized spacial score (nSPS) is 19.4. The van der Waals surface area contributed by atoms with E-state index in [1.54, 1.807) is 24.8 Å². The summed E-state index contributed by atoms with van der Waals surface area (Å²) in [5, 5.41) is 14.7. The highest BCUT2D eigenvalue weighted by molar-refractivity contribution is 5.95. The molecule has 1 aliphatic heterocycles. The van der Waals surface area contributed by atoms with Crippen LogP contribution in [0.2, 0.25) is 0 Å². The number of amides is 3. The fourth-order valence-corrected chi connectivity index (χ4v) is 3.33. The van der Waals surface area contributed by atoms with E-state index in [1.165, 1.54) is 19.2 Å². The summed E-state index contributed by atoms with van der Waals surface area (Å²) in [5.41, 5.74) is 0.632. The van der Waals surface area contributed by atoms with E-state index in [4.69, 9.17) is 5.26 Å². The third kappa shape index (κ3) is 4.74. The second-order valence-corrected chi connectivity index (χ2v) is 7.13. The van der Waals surface area contributed by atoms with Gasteiger partial charge in [0.15, 0.2) is 0 Å². The number of nitrogens with one attached hydrogen (secondary N) is 2. The molecule has 1 aliphatic rings. The number of carbonyl (C=O) groups excluding carboxylic acids is 3. The number of carbonyl (C=O) groups is 3. The van der Waals surface area contributed by atoms with Crippen LogP contribution in [-0.4, -0.2) is 52.3 Å². The Morgan fingerprint density at radius 3 is 2.82 bits per heavy atom. The van der Waals surface area contributed by atoms with Crippen molar-refractivity contribution >= 4 is 17.7 Å². The molecule has 1 aromatic rings. The van der Waals surface area contributed by atoms with Crippen LogP contribution in [-0.2, 0) is 9.59 Å². The highest BCUT2D eigenvalue weighted by Gasteiger charge is 2.41. The lowest BCUT2D eigenvalue weighted by Gasteiger charge is -2.31. The van der Waals surface area contributed by atoms with Gasteiger partial charge in [0.05, 0.1) is 22.4 Å². The molecule has 0 saturated carbocycles. The Balaban J connectivity index is 2.15. The molecule has 0 aliphatic carbocycles. The first-order valence-electron chi connectivity index (χ1n) is 9.07. The van der Waals surface area contributed by atoms with Gasteiger partial charge < -0.3 is 15.5 Å². The Morgan fingerprint density at radius 2 is 2.21 bits per heavy atom. The summed E-state index contributed by atoms with van der Waals surface area (Å²) >= 11 is 0. The molecule has 148 valence electrons. The van der Waals surface area contributed by atoms with Crippen LogP contribution in [0, 0.1) is 18.3 Å². The average Bonchev–Trinajstić information content (AvgIpc) is 3.05. The molecular weight excluding hydrogens is 358 g/mol. The number of likely N-dealkylation sites (tertiary alicyclic amines) is 1. The van der Waals surface area contributed by atoms with Gasteiger partial charge in [0, 0.05) is 26.2 Å². The Morgan fingerprint density at radius 1 is 1.50 bits per heavy atom. The van der Waals surface area contributed by atoms with Crippen LogP contribution >= 0.6 is 0 Å². The largest absolute Gasteiger partial charge is 0.347 e. The van der Waals surface area contributed by atoms with E-state index in [0.29, 0.717) is 42.8 Å². The van der Waals surface area contributed by atoms with Crippen molar-refractivity contribution in [2.45, 2.75) is 45.2 Å². The first kappa shape index (κ1) is 21.1. The standard InChI is InChI=1S/C20H25N5O3/c1-5-6-20(24-18(27)14(3)23-15(4)26)7-8-25(12-20)19(28)17-9-16(10-21)13(2)22-11-17/h5,9,11,14H,1,6-8,12H2,2-4H3,(H,23,26)(H,24,27)/t14-,20?/m1/s1. The molecule has 8 heteroatoms. The van der Waals surface area contributed by atoms with Crippen molar-refractivity contribution < 1.29 is 14.4 Å². The van der Waals surface area contributed by atoms with Crippen molar-refractivity contribution in [3.8, 4) is 6.07 Å². The quantitative estimate of drug-likeness (QED) is 0.713. The van der Waals surface area contributed by atoms with E-state index in [-0.39, 0.29) is 17.7 Å². The summed E-state index contributed by atoms with van der Waals surface area (Å²) < 4.78 is 0. The molecule has 0 bridgehead atoms. The van der Waals surface area contributed by atoms with Crippen LogP contribution in [0.4, 0.5) is 0 Å². The summed E-state index contributed by atoms with van der Waals surface area (Å²) in [6.07, 6.45) is 4.22. The van der Waals surface area contributed by atoms with Gasteiger partial charge in [-0.05, 0) is 32.8 Å². The van der Waals surface area contributed by atoms with Gasteiger partial charge in [0.1, 0.15) is 12.1 Å². The molecule has 1 unspecified atom stereocenters. The van der Waals surface area contributed by atoms with Crippen molar-refractivity contribution in [3.63, 3.8) is 0 Å². The summed E-state index contributed by atoms with van der Waals surface area (Å²) in [7, 11) is 0. The predicted octanol–water partition coefficient (Wildman–Crippen LogP) is 1.06. The summed E-state index contributed by atoms with van der Waals surface area (Å²) in [4.78, 5) is 42.3. The third-order valence-corrected chi connectivity index (χ3v) is 4.83. The summed E-state index contributed by atoms with van der Waals surface area (Å²) in [6, 6.07) is 2.89. The summed E-state index contributed by atoms with van der Waals surface area (Å²) in [6.45, 7) is 9.20. The molecule has 3 amide bonds. The molecule has 2 N–H and O–H groups in total. The third-order valence-electron chi connectivity index (χ3n) is 4.83. The van der Waals surface area contributed by atoms with E-state index in [1.807, 2.05) is 6.07 Å². The van der Waals surface area contributed by atoms with E-state index < -0.39 is 11.6 Å². The zero-order chi connectivity index (χ0) is 20.9. The maximum absolute atomic E-state index is 12.9. The molecular formula is C20H25N5O3. The van der Waals surface area contributed by atoms with Gasteiger partial charge in [0.2, 0.25) is 11.8 Å². The molecule has 2 atom stereocenters. The van der Waals surface area contributed by atoms with E-state index in [9.17, 15) is 14.4 Å². The predicted molar refractivity (Wildman–Crippen MR) is 103 cm³/mol. The van der Waals surface area contributed by atoms with Crippen LogP contribution < -0.4 is 10.6 Å². The number of nitrogens with zero attached hydrogens (tertiary/aromatic N) is 3. The maximum atomic E-state index is 12.9. The number of aromatic nitrogens is 1. The van der Waals surface area contributed by atoms with Gasteiger partial charge in [-0.25, -0.2) is 0 Å². The molecule has 0 spiro atoms. The minimum atomic E-state index is -0.677. The van der Waals surface area contributed by atoms with Crippen molar-refractivity contribution in [1.29, 1.82) is 5.26 Å². The van der Waals surface area contributed by atoms with Crippen LogP contribution in [0.25, 0.3) is 0 Å². The molecule has 2 rings (SSSR count). The van der Waals surface area contributed by atoms with E-state index in [2.05, 4.69) is 22.2 Å². The Labute approximate surface area is 164 Å². The van der Waals surface area contributed by atoms with Gasteiger partial charge in [0.25, 0.3) is 5.91 Å². The monoisotopic (exact) mass is 383 g/mol. The lowest BCUT2D eigenvalue weighted by atomic mass is 9.93. The van der Waals surface area contributed by atoms with Crippen molar-refractivity contribution in [3.05, 3.63) is 41.7 Å². The molecule has 1 fully saturated rings.